The molecule has 0 saturated carbocycles. The van der Waals surface area contributed by atoms with Crippen molar-refractivity contribution in [1.82, 2.24) is 0 Å². The minimum Gasteiger partial charge on any atom is -0.468 e. The molecule has 0 amide bonds. The molecule has 1 rings (SSSR count). The number of benzene rings is 1. The first-order chi connectivity index (χ1) is 6.61. The van der Waals surface area contributed by atoms with Crippen LogP contribution in [0.15, 0.2) is 27.6 Å². The van der Waals surface area contributed by atoms with Crippen molar-refractivity contribution >= 4 is 33.7 Å². The summed E-state index contributed by atoms with van der Waals surface area (Å²) >= 11 is 4.40. The molecule has 1 aromatic rings. The Labute approximate surface area is 94.0 Å². The molecule has 0 N–H and O–H groups in total. The molecule has 0 aromatic heterocycles. The maximum atomic E-state index is 12.9. The normalized spacial score (nSPS) is 9.93. The lowest BCUT2D eigenvalue weighted by Gasteiger charge is -2.01. The van der Waals surface area contributed by atoms with Crippen molar-refractivity contribution in [3.63, 3.8) is 0 Å². The number of halogens is 2. The second kappa shape index (κ2) is 5.36. The van der Waals surface area contributed by atoms with Gasteiger partial charge in [0.25, 0.3) is 0 Å². The molecule has 5 heteroatoms. The molecular weight excluding hydrogens is 271 g/mol. The van der Waals surface area contributed by atoms with Crippen LogP contribution in [-0.4, -0.2) is 18.8 Å². The number of hydrogen-bond acceptors (Lipinski definition) is 3. The molecular formula is C9H8BrFO2S. The van der Waals surface area contributed by atoms with E-state index in [0.717, 1.165) is 0 Å². The Morgan fingerprint density at radius 3 is 2.86 bits per heavy atom. The van der Waals surface area contributed by atoms with Crippen LogP contribution in [0.4, 0.5) is 4.39 Å². The quantitative estimate of drug-likeness (QED) is 0.628. The summed E-state index contributed by atoms with van der Waals surface area (Å²) < 4.78 is 18.0. The zero-order chi connectivity index (χ0) is 10.6. The van der Waals surface area contributed by atoms with Crippen molar-refractivity contribution < 1.29 is 13.9 Å². The Morgan fingerprint density at radius 2 is 2.29 bits per heavy atom. The van der Waals surface area contributed by atoms with Crippen molar-refractivity contribution in [2.45, 2.75) is 4.90 Å². The fraction of sp³-hybridized carbons (Fsp3) is 0.222. The highest BCUT2D eigenvalue weighted by Gasteiger charge is 2.04. The first-order valence-electron chi connectivity index (χ1n) is 3.77. The molecule has 0 saturated heterocycles. The average Bonchev–Trinajstić information content (AvgIpc) is 2.12. The van der Waals surface area contributed by atoms with Crippen molar-refractivity contribution in [2.24, 2.45) is 0 Å². The highest BCUT2D eigenvalue weighted by Crippen LogP contribution is 2.23. The molecule has 0 fully saturated rings. The number of hydrogen-bond donors (Lipinski definition) is 0. The first kappa shape index (κ1) is 11.5. The summed E-state index contributed by atoms with van der Waals surface area (Å²) in [6.45, 7) is 0. The van der Waals surface area contributed by atoms with Crippen LogP contribution in [0.3, 0.4) is 0 Å². The van der Waals surface area contributed by atoms with Gasteiger partial charge in [-0.3, -0.25) is 4.79 Å². The monoisotopic (exact) mass is 278 g/mol. The minimum atomic E-state index is -0.327. The van der Waals surface area contributed by atoms with Gasteiger partial charge in [0.1, 0.15) is 5.82 Å². The lowest BCUT2D eigenvalue weighted by Crippen LogP contribution is -2.02. The molecule has 0 aliphatic carbocycles. The number of carbonyl (C=O) groups is 1. The topological polar surface area (TPSA) is 26.3 Å². The smallest absolute Gasteiger partial charge is 0.315 e. The van der Waals surface area contributed by atoms with E-state index in [-0.39, 0.29) is 17.5 Å². The van der Waals surface area contributed by atoms with Crippen LogP contribution in [0.5, 0.6) is 0 Å². The molecule has 1 aromatic carbocycles. The Balaban J connectivity index is 2.63. The van der Waals surface area contributed by atoms with Gasteiger partial charge in [0.15, 0.2) is 0 Å². The number of ether oxygens (including phenoxy) is 1. The van der Waals surface area contributed by atoms with Gasteiger partial charge in [-0.2, -0.15) is 0 Å². The summed E-state index contributed by atoms with van der Waals surface area (Å²) in [6, 6.07) is 4.48. The molecule has 0 unspecified atom stereocenters. The van der Waals surface area contributed by atoms with E-state index < -0.39 is 0 Å². The third-order valence-corrected chi connectivity index (χ3v) is 2.83. The second-order valence-corrected chi connectivity index (χ2v) is 4.43. The Hall–Kier alpha value is -0.550. The fourth-order valence-electron chi connectivity index (χ4n) is 0.813. The summed E-state index contributed by atoms with van der Waals surface area (Å²) in [6.07, 6.45) is 0. The van der Waals surface area contributed by atoms with Crippen molar-refractivity contribution in [2.75, 3.05) is 12.9 Å². The largest absolute Gasteiger partial charge is 0.468 e. The van der Waals surface area contributed by atoms with E-state index >= 15 is 0 Å². The zero-order valence-corrected chi connectivity index (χ0v) is 9.82. The van der Waals surface area contributed by atoms with Crippen LogP contribution in [0.1, 0.15) is 0 Å². The second-order valence-electron chi connectivity index (χ2n) is 2.47. The van der Waals surface area contributed by atoms with E-state index in [1.54, 1.807) is 6.07 Å². The molecule has 0 atom stereocenters. The summed E-state index contributed by atoms with van der Waals surface area (Å²) in [5.41, 5.74) is 0. The van der Waals surface area contributed by atoms with E-state index in [4.69, 9.17) is 0 Å². The molecule has 0 heterocycles. The van der Waals surface area contributed by atoms with Gasteiger partial charge in [-0.25, -0.2) is 4.39 Å². The van der Waals surface area contributed by atoms with E-state index in [0.29, 0.717) is 9.37 Å². The number of esters is 1. The molecule has 0 aliphatic rings. The van der Waals surface area contributed by atoms with Crippen LogP contribution in [0.2, 0.25) is 0 Å². The van der Waals surface area contributed by atoms with Gasteiger partial charge in [-0.1, -0.05) is 15.9 Å². The molecule has 76 valence electrons. The molecule has 0 aliphatic heterocycles. The van der Waals surface area contributed by atoms with E-state index in [9.17, 15) is 9.18 Å². The van der Waals surface area contributed by atoms with Gasteiger partial charge in [-0.05, 0) is 18.2 Å². The molecule has 2 nitrogen and oxygen atoms in total. The van der Waals surface area contributed by atoms with Crippen molar-refractivity contribution in [3.8, 4) is 0 Å². The van der Waals surface area contributed by atoms with Gasteiger partial charge in [0.2, 0.25) is 0 Å². The number of thioether (sulfide) groups is 1. The third-order valence-electron chi connectivity index (χ3n) is 1.42. The van der Waals surface area contributed by atoms with Crippen LogP contribution in [-0.2, 0) is 9.53 Å². The maximum Gasteiger partial charge on any atom is 0.315 e. The highest BCUT2D eigenvalue weighted by molar-refractivity contribution is 9.10. The maximum absolute atomic E-state index is 12.9. The number of methoxy groups -OCH3 is 1. The van der Waals surface area contributed by atoms with E-state index in [1.807, 2.05) is 0 Å². The summed E-state index contributed by atoms with van der Waals surface area (Å²) in [4.78, 5) is 11.5. The summed E-state index contributed by atoms with van der Waals surface area (Å²) in [7, 11) is 1.32. The Bertz CT molecular complexity index is 323. The summed E-state index contributed by atoms with van der Waals surface area (Å²) in [5.74, 6) is -0.464. The SMILES string of the molecule is COC(=O)CSc1cc(F)cc(Br)c1. The third kappa shape index (κ3) is 3.67. The van der Waals surface area contributed by atoms with Crippen LogP contribution < -0.4 is 0 Å². The van der Waals surface area contributed by atoms with Crippen LogP contribution in [0.25, 0.3) is 0 Å². The van der Waals surface area contributed by atoms with Gasteiger partial charge in [0.05, 0.1) is 12.9 Å². The lowest BCUT2D eigenvalue weighted by atomic mass is 10.3. The Morgan fingerprint density at radius 1 is 1.57 bits per heavy atom. The van der Waals surface area contributed by atoms with Gasteiger partial charge < -0.3 is 4.74 Å². The van der Waals surface area contributed by atoms with E-state index in [2.05, 4.69) is 20.7 Å². The molecule has 0 spiro atoms. The summed E-state index contributed by atoms with van der Waals surface area (Å²) in [5, 5.41) is 0. The molecule has 0 radical (unpaired) electrons. The van der Waals surface area contributed by atoms with Gasteiger partial charge in [0, 0.05) is 9.37 Å². The zero-order valence-electron chi connectivity index (χ0n) is 7.42. The van der Waals surface area contributed by atoms with Crippen molar-refractivity contribution in [1.29, 1.82) is 0 Å². The predicted molar refractivity (Wildman–Crippen MR) is 56.8 cm³/mol. The highest BCUT2D eigenvalue weighted by atomic mass is 79.9. The first-order valence-corrected chi connectivity index (χ1v) is 5.55. The molecule has 0 bridgehead atoms. The van der Waals surface area contributed by atoms with Crippen molar-refractivity contribution in [3.05, 3.63) is 28.5 Å². The van der Waals surface area contributed by atoms with Crippen LogP contribution >= 0.6 is 27.7 Å². The molecule has 14 heavy (non-hydrogen) atoms. The Kier molecular flexibility index (Phi) is 4.41. The van der Waals surface area contributed by atoms with Crippen LogP contribution in [0, 0.1) is 5.82 Å². The number of carbonyl (C=O) groups excluding carboxylic acids is 1. The average molecular weight is 279 g/mol. The number of rotatable bonds is 3. The predicted octanol–water partition coefficient (Wildman–Crippen LogP) is 2.85. The fourth-order valence-corrected chi connectivity index (χ4v) is 2.24. The minimum absolute atomic E-state index is 0.187. The lowest BCUT2D eigenvalue weighted by molar-refractivity contribution is -0.137. The van der Waals surface area contributed by atoms with Gasteiger partial charge in [-0.15, -0.1) is 11.8 Å². The standard InChI is InChI=1S/C9H8BrFO2S/c1-13-9(12)5-14-8-3-6(10)2-7(11)4-8/h2-4H,5H2,1H3. The van der Waals surface area contributed by atoms with Gasteiger partial charge >= 0.3 is 5.97 Å². The van der Waals surface area contributed by atoms with E-state index in [1.165, 1.54) is 31.0 Å².